The first-order chi connectivity index (χ1) is 6.23. The van der Waals surface area contributed by atoms with Crippen LogP contribution in [0, 0.1) is 17.2 Å². The monoisotopic (exact) mass is 182 g/mol. The van der Waals surface area contributed by atoms with Gasteiger partial charge in [0.25, 0.3) is 0 Å². The van der Waals surface area contributed by atoms with E-state index in [0.717, 1.165) is 32.3 Å². The molecule has 13 heavy (non-hydrogen) atoms. The maximum Gasteiger partial charge on any atom is 0.130 e. The van der Waals surface area contributed by atoms with Crippen molar-refractivity contribution in [2.45, 2.75) is 38.1 Å². The Morgan fingerprint density at radius 3 is 2.77 bits per heavy atom. The number of rotatable bonds is 6. The number of nitriles is 1. The van der Waals surface area contributed by atoms with Crippen LogP contribution in [0.15, 0.2) is 0 Å². The number of ether oxygens (including phenoxy) is 1. The summed E-state index contributed by atoms with van der Waals surface area (Å²) >= 11 is 0. The summed E-state index contributed by atoms with van der Waals surface area (Å²) in [5.74, 6) is 0.374. The Morgan fingerprint density at radius 2 is 2.31 bits per heavy atom. The fourth-order valence-electron chi connectivity index (χ4n) is 1.33. The third kappa shape index (κ3) is 2.98. The molecule has 0 aromatic heterocycles. The fourth-order valence-corrected chi connectivity index (χ4v) is 1.33. The van der Waals surface area contributed by atoms with E-state index in [4.69, 9.17) is 15.7 Å². The minimum Gasteiger partial charge on any atom is -0.378 e. The predicted molar refractivity (Wildman–Crippen MR) is 51.0 cm³/mol. The molecule has 0 saturated heterocycles. The maximum absolute atomic E-state index is 8.90. The highest BCUT2D eigenvalue weighted by Gasteiger charge is 2.42. The van der Waals surface area contributed by atoms with Crippen molar-refractivity contribution in [3.63, 3.8) is 0 Å². The molecule has 0 amide bonds. The van der Waals surface area contributed by atoms with E-state index in [2.05, 4.69) is 13.0 Å². The van der Waals surface area contributed by atoms with E-state index in [0.29, 0.717) is 12.5 Å². The molecule has 1 saturated carbocycles. The Labute approximate surface area is 79.9 Å². The molecule has 0 aromatic rings. The molecule has 74 valence electrons. The summed E-state index contributed by atoms with van der Waals surface area (Å²) in [4.78, 5) is 0. The van der Waals surface area contributed by atoms with Crippen molar-refractivity contribution in [3.8, 4) is 6.07 Å². The van der Waals surface area contributed by atoms with Crippen LogP contribution in [0.2, 0.25) is 0 Å². The van der Waals surface area contributed by atoms with Gasteiger partial charge >= 0.3 is 0 Å². The van der Waals surface area contributed by atoms with Crippen LogP contribution in [0.5, 0.6) is 0 Å². The highest BCUT2D eigenvalue weighted by molar-refractivity contribution is 5.13. The van der Waals surface area contributed by atoms with Crippen LogP contribution in [-0.2, 0) is 4.74 Å². The van der Waals surface area contributed by atoms with Crippen molar-refractivity contribution < 1.29 is 4.74 Å². The minimum absolute atomic E-state index is 0.374. The van der Waals surface area contributed by atoms with Gasteiger partial charge in [-0.15, -0.1) is 0 Å². The molecule has 1 aliphatic carbocycles. The summed E-state index contributed by atoms with van der Waals surface area (Å²) in [5.41, 5.74) is 5.18. The van der Waals surface area contributed by atoms with Crippen LogP contribution in [0.3, 0.4) is 0 Å². The summed E-state index contributed by atoms with van der Waals surface area (Å²) in [5, 5.41) is 8.90. The average molecular weight is 182 g/mol. The van der Waals surface area contributed by atoms with E-state index in [9.17, 15) is 0 Å². The highest BCUT2D eigenvalue weighted by atomic mass is 16.5. The molecule has 2 N–H and O–H groups in total. The summed E-state index contributed by atoms with van der Waals surface area (Å²) in [6.07, 6.45) is 4.34. The van der Waals surface area contributed by atoms with Crippen LogP contribution in [0.1, 0.15) is 32.6 Å². The number of nitrogens with zero attached hydrogens (tertiary/aromatic N) is 1. The van der Waals surface area contributed by atoms with Crippen molar-refractivity contribution >= 4 is 0 Å². The second kappa shape index (κ2) is 4.59. The lowest BCUT2D eigenvalue weighted by Crippen LogP contribution is -2.45. The molecule has 0 aliphatic heterocycles. The minimum atomic E-state index is -0.715. The molecule has 0 spiro atoms. The van der Waals surface area contributed by atoms with Gasteiger partial charge in [0, 0.05) is 6.61 Å². The number of nitrogens with two attached hydrogens (primary N) is 1. The van der Waals surface area contributed by atoms with E-state index in [1.54, 1.807) is 0 Å². The van der Waals surface area contributed by atoms with Crippen molar-refractivity contribution in [1.82, 2.24) is 0 Å². The van der Waals surface area contributed by atoms with Crippen LogP contribution < -0.4 is 5.73 Å². The molecule has 1 aliphatic rings. The quantitative estimate of drug-likeness (QED) is 0.632. The number of unbranched alkanes of at least 4 members (excludes halogenated alkanes) is 1. The predicted octanol–water partition coefficient (Wildman–Crippen LogP) is 1.43. The molecule has 3 heteroatoms. The van der Waals surface area contributed by atoms with E-state index in [1.165, 1.54) is 0 Å². The van der Waals surface area contributed by atoms with Gasteiger partial charge in [-0.25, -0.2) is 0 Å². The molecular weight excluding hydrogens is 164 g/mol. The molecule has 0 heterocycles. The summed E-state index contributed by atoms with van der Waals surface area (Å²) < 4.78 is 5.38. The van der Waals surface area contributed by atoms with Crippen LogP contribution in [-0.4, -0.2) is 18.8 Å². The zero-order chi connectivity index (χ0) is 9.73. The maximum atomic E-state index is 8.90. The standard InChI is InChI=1S/C10H18N2O/c1-2-3-6-13-8-10(12,7-11)9-4-5-9/h9H,2-6,8,12H2,1H3. The van der Waals surface area contributed by atoms with Crippen LogP contribution >= 0.6 is 0 Å². The largest absolute Gasteiger partial charge is 0.378 e. The molecule has 0 radical (unpaired) electrons. The van der Waals surface area contributed by atoms with E-state index >= 15 is 0 Å². The molecule has 1 unspecified atom stereocenters. The van der Waals surface area contributed by atoms with Crippen molar-refractivity contribution in [2.75, 3.05) is 13.2 Å². The Balaban J connectivity index is 2.20. The fraction of sp³-hybridized carbons (Fsp3) is 0.900. The van der Waals surface area contributed by atoms with Crippen LogP contribution in [0.25, 0.3) is 0 Å². The zero-order valence-corrected chi connectivity index (χ0v) is 8.25. The summed E-state index contributed by atoms with van der Waals surface area (Å²) in [6, 6.07) is 2.17. The van der Waals surface area contributed by atoms with Crippen molar-refractivity contribution in [3.05, 3.63) is 0 Å². The third-order valence-electron chi connectivity index (χ3n) is 2.50. The lowest BCUT2D eigenvalue weighted by atomic mass is 9.98. The SMILES string of the molecule is CCCCOCC(N)(C#N)C1CC1. The van der Waals surface area contributed by atoms with E-state index in [-0.39, 0.29) is 0 Å². The van der Waals surface area contributed by atoms with Gasteiger partial charge in [-0.05, 0) is 25.2 Å². The van der Waals surface area contributed by atoms with Gasteiger partial charge in [0.05, 0.1) is 12.7 Å². The molecule has 1 fully saturated rings. The normalized spacial score (nSPS) is 20.7. The second-order valence-corrected chi connectivity index (χ2v) is 3.83. The Morgan fingerprint density at radius 1 is 1.62 bits per heavy atom. The molecule has 0 aromatic carbocycles. The van der Waals surface area contributed by atoms with Gasteiger partial charge in [0.15, 0.2) is 0 Å². The van der Waals surface area contributed by atoms with Crippen molar-refractivity contribution in [2.24, 2.45) is 11.7 Å². The van der Waals surface area contributed by atoms with Gasteiger partial charge in [0.1, 0.15) is 5.54 Å². The lowest BCUT2D eigenvalue weighted by Gasteiger charge is -2.20. The zero-order valence-electron chi connectivity index (χ0n) is 8.25. The van der Waals surface area contributed by atoms with E-state index < -0.39 is 5.54 Å². The molecular formula is C10H18N2O. The molecule has 1 rings (SSSR count). The summed E-state index contributed by atoms with van der Waals surface area (Å²) in [6.45, 7) is 3.24. The first-order valence-electron chi connectivity index (χ1n) is 5.01. The molecule has 1 atom stereocenters. The Bertz CT molecular complexity index is 196. The van der Waals surface area contributed by atoms with Gasteiger partial charge in [-0.1, -0.05) is 13.3 Å². The van der Waals surface area contributed by atoms with Gasteiger partial charge in [-0.2, -0.15) is 5.26 Å². The number of hydrogen-bond donors (Lipinski definition) is 1. The number of hydrogen-bond acceptors (Lipinski definition) is 3. The molecule has 3 nitrogen and oxygen atoms in total. The smallest absolute Gasteiger partial charge is 0.130 e. The second-order valence-electron chi connectivity index (χ2n) is 3.83. The van der Waals surface area contributed by atoms with Gasteiger partial charge in [0.2, 0.25) is 0 Å². The Hall–Kier alpha value is -0.590. The highest BCUT2D eigenvalue weighted by Crippen LogP contribution is 2.38. The summed E-state index contributed by atoms with van der Waals surface area (Å²) in [7, 11) is 0. The first-order valence-corrected chi connectivity index (χ1v) is 5.01. The average Bonchev–Trinajstić information content (AvgIpc) is 2.95. The molecule has 0 bridgehead atoms. The van der Waals surface area contributed by atoms with Gasteiger partial charge < -0.3 is 10.5 Å². The topological polar surface area (TPSA) is 59.0 Å². The van der Waals surface area contributed by atoms with Gasteiger partial charge in [-0.3, -0.25) is 0 Å². The Kier molecular flexibility index (Phi) is 3.71. The third-order valence-corrected chi connectivity index (χ3v) is 2.50. The van der Waals surface area contributed by atoms with E-state index in [1.807, 2.05) is 0 Å². The lowest BCUT2D eigenvalue weighted by molar-refractivity contribution is 0.0935. The van der Waals surface area contributed by atoms with Crippen molar-refractivity contribution in [1.29, 1.82) is 5.26 Å². The first kappa shape index (κ1) is 10.5. The van der Waals surface area contributed by atoms with Crippen LogP contribution in [0.4, 0.5) is 0 Å².